The van der Waals surface area contributed by atoms with Crippen LogP contribution in [-0.2, 0) is 31.0 Å². The minimum absolute atomic E-state index is 0.104. The van der Waals surface area contributed by atoms with Gasteiger partial charge in [0, 0.05) is 24.2 Å². The number of benzene rings is 3. The summed E-state index contributed by atoms with van der Waals surface area (Å²) in [6.07, 6.45) is -0.375. The minimum Gasteiger partial charge on any atom is -0.326 e. The molecule has 186 valence electrons. The molecule has 1 atom stereocenters. The molecule has 1 saturated heterocycles. The van der Waals surface area contributed by atoms with Crippen molar-refractivity contribution in [3.05, 3.63) is 89.2 Å². The van der Waals surface area contributed by atoms with Crippen LogP contribution < -0.4 is 10.2 Å². The van der Waals surface area contributed by atoms with Crippen LogP contribution in [0.3, 0.4) is 0 Å². The number of sulfonamides is 1. The zero-order valence-corrected chi connectivity index (χ0v) is 20.6. The Morgan fingerprint density at radius 3 is 2.22 bits per heavy atom. The molecular weight excluding hydrogens is 509 g/mol. The summed E-state index contributed by atoms with van der Waals surface area (Å²) in [5, 5.41) is 2.93. The fourth-order valence-electron chi connectivity index (χ4n) is 3.88. The van der Waals surface area contributed by atoms with E-state index in [-0.39, 0.29) is 29.5 Å². The van der Waals surface area contributed by atoms with Crippen molar-refractivity contribution in [2.75, 3.05) is 10.2 Å². The molecule has 3 amide bonds. The number of hydrogen-bond acceptors (Lipinski definition) is 5. The second-order valence-electron chi connectivity index (χ2n) is 8.15. The van der Waals surface area contributed by atoms with E-state index >= 15 is 0 Å². The van der Waals surface area contributed by atoms with Crippen molar-refractivity contribution in [3.63, 3.8) is 0 Å². The molecule has 0 aliphatic carbocycles. The summed E-state index contributed by atoms with van der Waals surface area (Å²) in [6.45, 7) is 1.09. The molecule has 3 aromatic rings. The molecule has 1 fully saturated rings. The van der Waals surface area contributed by atoms with Gasteiger partial charge in [0.25, 0.3) is 5.91 Å². The Balaban J connectivity index is 1.70. The van der Waals surface area contributed by atoms with Crippen molar-refractivity contribution in [2.45, 2.75) is 30.8 Å². The Morgan fingerprint density at radius 1 is 1.03 bits per heavy atom. The quantitative estimate of drug-likeness (QED) is 0.467. The monoisotopic (exact) mass is 529 g/mol. The smallest absolute Gasteiger partial charge is 0.252 e. The summed E-state index contributed by atoms with van der Waals surface area (Å²) in [5.41, 5.74) is 1.16. The third kappa shape index (κ3) is 5.30. The molecule has 36 heavy (non-hydrogen) atoms. The Bertz CT molecular complexity index is 1410. The standard InChI is InChI=1S/C25H21ClFN3O5S/c1-16(31)28-20-8-10-21(11-9-20)30-24(32)14-23(25(30)33)29(15-17-2-6-19(27)7-3-17)36(34,35)22-12-4-18(26)5-13-22/h2-13,23H,14-15H2,1H3,(H,28,31). The lowest BCUT2D eigenvalue weighted by Gasteiger charge is -2.27. The van der Waals surface area contributed by atoms with Gasteiger partial charge >= 0.3 is 0 Å². The molecule has 0 spiro atoms. The van der Waals surface area contributed by atoms with E-state index in [0.717, 1.165) is 9.21 Å². The van der Waals surface area contributed by atoms with Crippen LogP contribution in [0.1, 0.15) is 18.9 Å². The van der Waals surface area contributed by atoms with Gasteiger partial charge in [0.05, 0.1) is 17.0 Å². The van der Waals surface area contributed by atoms with E-state index < -0.39 is 33.7 Å². The van der Waals surface area contributed by atoms with E-state index in [9.17, 15) is 27.2 Å². The fraction of sp³-hybridized carbons (Fsp3) is 0.160. The van der Waals surface area contributed by atoms with Crippen LogP contribution in [0.25, 0.3) is 0 Å². The SMILES string of the molecule is CC(=O)Nc1ccc(N2C(=O)CC(N(Cc3ccc(F)cc3)S(=O)(=O)c3ccc(Cl)cc3)C2=O)cc1. The van der Waals surface area contributed by atoms with E-state index in [2.05, 4.69) is 5.32 Å². The maximum atomic E-state index is 13.6. The molecule has 4 rings (SSSR count). The summed E-state index contributed by atoms with van der Waals surface area (Å²) in [4.78, 5) is 38.4. The fourth-order valence-corrected chi connectivity index (χ4v) is 5.58. The molecule has 11 heteroatoms. The van der Waals surface area contributed by atoms with Gasteiger partial charge < -0.3 is 5.32 Å². The second-order valence-corrected chi connectivity index (χ2v) is 10.5. The van der Waals surface area contributed by atoms with Crippen molar-refractivity contribution >= 4 is 50.7 Å². The van der Waals surface area contributed by atoms with Crippen molar-refractivity contribution in [1.82, 2.24) is 4.31 Å². The van der Waals surface area contributed by atoms with Crippen molar-refractivity contribution < 1.29 is 27.2 Å². The predicted octanol–water partition coefficient (Wildman–Crippen LogP) is 3.96. The first kappa shape index (κ1) is 25.5. The van der Waals surface area contributed by atoms with E-state index in [1.165, 1.54) is 79.7 Å². The topological polar surface area (TPSA) is 104 Å². The highest BCUT2D eigenvalue weighted by Gasteiger charge is 2.47. The number of amides is 3. The molecule has 1 aliphatic heterocycles. The maximum absolute atomic E-state index is 13.6. The van der Waals surface area contributed by atoms with Crippen LogP contribution in [0.15, 0.2) is 77.7 Å². The van der Waals surface area contributed by atoms with Gasteiger partial charge in [-0.15, -0.1) is 0 Å². The number of imide groups is 1. The first-order chi connectivity index (χ1) is 17.1. The summed E-state index contributed by atoms with van der Waals surface area (Å²) in [7, 11) is -4.26. The molecule has 1 N–H and O–H groups in total. The molecule has 0 aromatic heterocycles. The van der Waals surface area contributed by atoms with Crippen LogP contribution in [0.4, 0.5) is 15.8 Å². The predicted molar refractivity (Wildman–Crippen MR) is 132 cm³/mol. The van der Waals surface area contributed by atoms with Crippen LogP contribution in [0.2, 0.25) is 5.02 Å². The third-order valence-corrected chi connectivity index (χ3v) is 7.71. The van der Waals surface area contributed by atoms with E-state index in [1.807, 2.05) is 0 Å². The van der Waals surface area contributed by atoms with Gasteiger partial charge in [0.15, 0.2) is 0 Å². The van der Waals surface area contributed by atoms with Crippen LogP contribution in [0.5, 0.6) is 0 Å². The first-order valence-electron chi connectivity index (χ1n) is 10.8. The summed E-state index contributed by atoms with van der Waals surface area (Å²) in [6, 6.07) is 15.4. The zero-order valence-electron chi connectivity index (χ0n) is 19.0. The number of carbonyl (C=O) groups is 3. The minimum atomic E-state index is -4.26. The maximum Gasteiger partial charge on any atom is 0.252 e. The van der Waals surface area contributed by atoms with Gasteiger partial charge in [-0.2, -0.15) is 4.31 Å². The van der Waals surface area contributed by atoms with Crippen LogP contribution in [0, 0.1) is 5.82 Å². The van der Waals surface area contributed by atoms with Crippen molar-refractivity contribution in [3.8, 4) is 0 Å². The van der Waals surface area contributed by atoms with Crippen LogP contribution in [-0.4, -0.2) is 36.5 Å². The highest BCUT2D eigenvalue weighted by Crippen LogP contribution is 2.31. The number of rotatable bonds is 7. The van der Waals surface area contributed by atoms with Crippen molar-refractivity contribution in [1.29, 1.82) is 0 Å². The zero-order chi connectivity index (χ0) is 26.0. The van der Waals surface area contributed by atoms with Gasteiger partial charge in [-0.3, -0.25) is 14.4 Å². The second kappa shape index (κ2) is 10.2. The summed E-state index contributed by atoms with van der Waals surface area (Å²) >= 11 is 5.91. The normalized spacial score (nSPS) is 16.0. The molecular formula is C25H21ClFN3O5S. The first-order valence-corrected chi connectivity index (χ1v) is 12.6. The number of hydrogen-bond donors (Lipinski definition) is 1. The molecule has 3 aromatic carbocycles. The summed E-state index contributed by atoms with van der Waals surface area (Å²) in [5.74, 6) is -2.06. The number of halogens is 2. The molecule has 8 nitrogen and oxygen atoms in total. The third-order valence-electron chi connectivity index (χ3n) is 5.59. The van der Waals surface area contributed by atoms with E-state index in [0.29, 0.717) is 16.3 Å². The summed E-state index contributed by atoms with van der Waals surface area (Å²) < 4.78 is 41.7. The highest BCUT2D eigenvalue weighted by atomic mass is 35.5. The molecule has 1 heterocycles. The number of nitrogens with zero attached hydrogens (tertiary/aromatic N) is 2. The van der Waals surface area contributed by atoms with Crippen LogP contribution >= 0.6 is 11.6 Å². The van der Waals surface area contributed by atoms with Crippen molar-refractivity contribution in [2.24, 2.45) is 0 Å². The van der Waals surface area contributed by atoms with Gasteiger partial charge in [-0.25, -0.2) is 17.7 Å². The van der Waals surface area contributed by atoms with E-state index in [4.69, 9.17) is 11.6 Å². The molecule has 0 bridgehead atoms. The molecule has 1 unspecified atom stereocenters. The number of nitrogens with one attached hydrogen (secondary N) is 1. The van der Waals surface area contributed by atoms with Gasteiger partial charge in [-0.05, 0) is 66.2 Å². The molecule has 0 saturated carbocycles. The average Bonchev–Trinajstić information content (AvgIpc) is 3.12. The Labute approximate surface area is 212 Å². The Hall–Kier alpha value is -3.60. The highest BCUT2D eigenvalue weighted by molar-refractivity contribution is 7.89. The lowest BCUT2D eigenvalue weighted by Crippen LogP contribution is -2.45. The van der Waals surface area contributed by atoms with Gasteiger partial charge in [0.1, 0.15) is 11.9 Å². The molecule has 0 radical (unpaired) electrons. The Morgan fingerprint density at radius 2 is 1.64 bits per heavy atom. The number of carbonyl (C=O) groups excluding carboxylic acids is 3. The van der Waals surface area contributed by atoms with E-state index in [1.54, 1.807) is 0 Å². The lowest BCUT2D eigenvalue weighted by molar-refractivity contribution is -0.122. The Kier molecular flexibility index (Phi) is 7.21. The van der Waals surface area contributed by atoms with Gasteiger partial charge in [-0.1, -0.05) is 23.7 Å². The number of anilines is 2. The largest absolute Gasteiger partial charge is 0.326 e. The lowest BCUT2D eigenvalue weighted by atomic mass is 10.2. The van der Waals surface area contributed by atoms with Gasteiger partial charge in [0.2, 0.25) is 21.8 Å². The average molecular weight is 530 g/mol. The molecule has 1 aliphatic rings.